The fourth-order valence-electron chi connectivity index (χ4n) is 6.23. The summed E-state index contributed by atoms with van der Waals surface area (Å²) in [5, 5.41) is 4.85. The van der Waals surface area contributed by atoms with Crippen molar-refractivity contribution in [2.45, 2.75) is 38.9 Å². The quantitative estimate of drug-likeness (QED) is 0.219. The third-order valence-electron chi connectivity index (χ3n) is 9.01. The van der Waals surface area contributed by atoms with Crippen LogP contribution in [0.4, 0.5) is 0 Å². The Morgan fingerprint density at radius 3 is 1.68 bits per heavy atom. The number of para-hydroxylation sites is 3. The summed E-state index contributed by atoms with van der Waals surface area (Å²) in [6.45, 7) is 8.29. The molecule has 200 valence electrons. The molecule has 0 radical (unpaired) electrons. The lowest BCUT2D eigenvalue weighted by Crippen LogP contribution is -2.41. The first-order valence-corrected chi connectivity index (χ1v) is 14.2. The molecule has 0 atom stereocenters. The van der Waals surface area contributed by atoms with E-state index in [1.807, 2.05) is 6.20 Å². The molecule has 8 rings (SSSR count). The molecule has 0 unspecified atom stereocenters. The number of hydrogen-bond acceptors (Lipinski definition) is 3. The zero-order valence-corrected chi connectivity index (χ0v) is 23.6. The molecule has 1 saturated heterocycles. The Morgan fingerprint density at radius 1 is 0.561 bits per heavy atom. The molecule has 0 bridgehead atoms. The van der Waals surface area contributed by atoms with Crippen LogP contribution in [0.5, 0.6) is 0 Å². The summed E-state index contributed by atoms with van der Waals surface area (Å²) in [7, 11) is -0.452. The topological polar surface area (TPSA) is 41.2 Å². The van der Waals surface area contributed by atoms with Gasteiger partial charge in [-0.05, 0) is 58.0 Å². The van der Waals surface area contributed by atoms with Gasteiger partial charge in [0.2, 0.25) is 0 Å². The van der Waals surface area contributed by atoms with Crippen molar-refractivity contribution in [2.75, 3.05) is 0 Å². The van der Waals surface area contributed by atoms with Crippen LogP contribution >= 0.6 is 0 Å². The maximum absolute atomic E-state index is 6.30. The van der Waals surface area contributed by atoms with E-state index in [2.05, 4.69) is 140 Å². The Kier molecular flexibility index (Phi) is 5.10. The van der Waals surface area contributed by atoms with Crippen molar-refractivity contribution in [1.82, 2.24) is 14.1 Å². The molecule has 3 aromatic heterocycles. The molecule has 4 heterocycles. The number of rotatable bonds is 3. The second-order valence-electron chi connectivity index (χ2n) is 11.9. The van der Waals surface area contributed by atoms with E-state index in [0.29, 0.717) is 0 Å². The molecule has 41 heavy (non-hydrogen) atoms. The summed E-state index contributed by atoms with van der Waals surface area (Å²) >= 11 is 0. The predicted octanol–water partition coefficient (Wildman–Crippen LogP) is 7.58. The highest BCUT2D eigenvalue weighted by Crippen LogP contribution is 2.41. The third-order valence-corrected chi connectivity index (χ3v) is 9.01. The summed E-state index contributed by atoms with van der Waals surface area (Å²) in [5.41, 5.74) is 5.85. The number of aromatic nitrogens is 3. The average molecular weight is 535 g/mol. The van der Waals surface area contributed by atoms with E-state index >= 15 is 0 Å². The van der Waals surface area contributed by atoms with E-state index in [1.165, 1.54) is 32.6 Å². The van der Waals surface area contributed by atoms with E-state index in [-0.39, 0.29) is 0 Å². The molecule has 0 amide bonds. The van der Waals surface area contributed by atoms with Crippen LogP contribution in [0.25, 0.3) is 55.1 Å². The van der Waals surface area contributed by atoms with Gasteiger partial charge < -0.3 is 13.9 Å². The van der Waals surface area contributed by atoms with Gasteiger partial charge in [0, 0.05) is 38.9 Å². The molecule has 6 heteroatoms. The summed E-state index contributed by atoms with van der Waals surface area (Å²) < 4.78 is 17.3. The Hall–Kier alpha value is -4.39. The summed E-state index contributed by atoms with van der Waals surface area (Å²) in [6, 6.07) is 36.6. The molecule has 0 aliphatic carbocycles. The zero-order chi connectivity index (χ0) is 27.9. The number of pyridine rings is 1. The maximum atomic E-state index is 6.30. The summed E-state index contributed by atoms with van der Waals surface area (Å²) in [5.74, 6) is 0.855. The van der Waals surface area contributed by atoms with Gasteiger partial charge in [-0.3, -0.25) is 4.57 Å². The van der Waals surface area contributed by atoms with Gasteiger partial charge in [-0.2, -0.15) is 0 Å². The molecule has 1 aliphatic heterocycles. The normalized spacial score (nSPS) is 16.4. The van der Waals surface area contributed by atoms with Gasteiger partial charge in [0.1, 0.15) is 5.82 Å². The van der Waals surface area contributed by atoms with E-state index in [4.69, 9.17) is 14.3 Å². The molecule has 1 aliphatic rings. The van der Waals surface area contributed by atoms with Crippen LogP contribution in [0.3, 0.4) is 0 Å². The van der Waals surface area contributed by atoms with Gasteiger partial charge in [0.05, 0.1) is 33.3 Å². The predicted molar refractivity (Wildman–Crippen MR) is 169 cm³/mol. The first-order valence-electron chi connectivity index (χ1n) is 14.2. The lowest BCUT2D eigenvalue weighted by molar-refractivity contribution is 0.00578. The molecule has 7 aromatic rings. The third kappa shape index (κ3) is 3.47. The average Bonchev–Trinajstić information content (AvgIpc) is 3.57. The van der Waals surface area contributed by atoms with Crippen LogP contribution in [-0.4, -0.2) is 32.4 Å². The minimum Gasteiger partial charge on any atom is -0.399 e. The number of benzene rings is 4. The Morgan fingerprint density at radius 2 is 1.10 bits per heavy atom. The smallest absolute Gasteiger partial charge is 0.399 e. The highest BCUT2D eigenvalue weighted by molar-refractivity contribution is 6.62. The van der Waals surface area contributed by atoms with Crippen LogP contribution < -0.4 is 5.46 Å². The second-order valence-corrected chi connectivity index (χ2v) is 11.9. The van der Waals surface area contributed by atoms with Gasteiger partial charge in [0.15, 0.2) is 0 Å². The standard InChI is InChI=1S/C35H30BN3O2/c1-34(2)35(3,4)41-36(40-34)23-18-21-31(37-22-23)39-30-17-11-9-15-26(30)28-20-19-27-25-14-8-10-16-29(25)38(32(27)33(28)39)24-12-6-5-7-13-24/h5-22H,1-4H3. The maximum Gasteiger partial charge on any atom is 0.496 e. The fraction of sp³-hybridized carbons (Fsp3) is 0.171. The largest absolute Gasteiger partial charge is 0.496 e. The summed E-state index contributed by atoms with van der Waals surface area (Å²) in [4.78, 5) is 5.02. The number of fused-ring (bicyclic) bond motifs is 7. The Balaban J connectivity index is 1.42. The monoisotopic (exact) mass is 535 g/mol. The zero-order valence-electron chi connectivity index (χ0n) is 23.6. The molecule has 0 N–H and O–H groups in total. The first kappa shape index (κ1) is 24.4. The molecule has 5 nitrogen and oxygen atoms in total. The molecule has 4 aromatic carbocycles. The lowest BCUT2D eigenvalue weighted by atomic mass is 9.80. The van der Waals surface area contributed by atoms with Gasteiger partial charge in [-0.15, -0.1) is 0 Å². The first-order chi connectivity index (χ1) is 19.8. The van der Waals surface area contributed by atoms with Crippen molar-refractivity contribution in [3.05, 3.63) is 109 Å². The minimum atomic E-state index is -0.452. The van der Waals surface area contributed by atoms with Crippen LogP contribution in [0.15, 0.2) is 109 Å². The lowest BCUT2D eigenvalue weighted by Gasteiger charge is -2.32. The van der Waals surface area contributed by atoms with Crippen LogP contribution in [0, 0.1) is 0 Å². The second kappa shape index (κ2) is 8.56. The van der Waals surface area contributed by atoms with Crippen LogP contribution in [0.1, 0.15) is 27.7 Å². The molecular formula is C35H30BN3O2. The minimum absolute atomic E-state index is 0.403. The van der Waals surface area contributed by atoms with Crippen LogP contribution in [-0.2, 0) is 9.31 Å². The van der Waals surface area contributed by atoms with Crippen molar-refractivity contribution < 1.29 is 9.31 Å². The van der Waals surface area contributed by atoms with E-state index in [1.54, 1.807) is 0 Å². The SMILES string of the molecule is CC1(C)OB(c2ccc(-n3c4ccccc4c4ccc5c6ccccc6n(-c6ccccc6)c5c43)nc2)OC1(C)C. The van der Waals surface area contributed by atoms with E-state index < -0.39 is 18.3 Å². The van der Waals surface area contributed by atoms with Crippen molar-refractivity contribution in [3.63, 3.8) is 0 Å². The highest BCUT2D eigenvalue weighted by Gasteiger charge is 2.51. The van der Waals surface area contributed by atoms with Gasteiger partial charge in [-0.25, -0.2) is 4.98 Å². The highest BCUT2D eigenvalue weighted by atomic mass is 16.7. The van der Waals surface area contributed by atoms with Crippen molar-refractivity contribution in [1.29, 1.82) is 0 Å². The molecular weight excluding hydrogens is 505 g/mol. The van der Waals surface area contributed by atoms with Crippen molar-refractivity contribution >= 4 is 56.2 Å². The van der Waals surface area contributed by atoms with Gasteiger partial charge >= 0.3 is 7.12 Å². The molecule has 0 spiro atoms. The number of hydrogen-bond donors (Lipinski definition) is 0. The Labute approximate surface area is 239 Å². The molecule has 1 fully saturated rings. The van der Waals surface area contributed by atoms with Gasteiger partial charge in [-0.1, -0.05) is 72.8 Å². The molecule has 0 saturated carbocycles. The van der Waals surface area contributed by atoms with Crippen LogP contribution in [0.2, 0.25) is 0 Å². The van der Waals surface area contributed by atoms with Crippen molar-refractivity contribution in [2.24, 2.45) is 0 Å². The Bertz CT molecular complexity index is 2090. The fourth-order valence-corrected chi connectivity index (χ4v) is 6.23. The number of nitrogens with zero attached hydrogens (tertiary/aromatic N) is 3. The van der Waals surface area contributed by atoms with Gasteiger partial charge in [0.25, 0.3) is 0 Å². The van der Waals surface area contributed by atoms with E-state index in [9.17, 15) is 0 Å². The van der Waals surface area contributed by atoms with Crippen molar-refractivity contribution in [3.8, 4) is 11.5 Å². The van der Waals surface area contributed by atoms with E-state index in [0.717, 1.165) is 28.0 Å². The summed E-state index contributed by atoms with van der Waals surface area (Å²) in [6.07, 6.45) is 1.89.